The summed E-state index contributed by atoms with van der Waals surface area (Å²) >= 11 is 0. The van der Waals surface area contributed by atoms with Crippen LogP contribution in [0.1, 0.15) is 30.0 Å². The van der Waals surface area contributed by atoms with E-state index in [1.54, 1.807) is 4.68 Å². The number of nitrogens with two attached hydrogens (primary N) is 1. The third-order valence-corrected chi connectivity index (χ3v) is 3.19. The topological polar surface area (TPSA) is 63.8 Å². The number of anilines is 1. The van der Waals surface area contributed by atoms with Crippen molar-refractivity contribution in [2.75, 3.05) is 5.73 Å². The summed E-state index contributed by atoms with van der Waals surface area (Å²) < 4.78 is 1.60. The molecule has 2 aromatic rings. The van der Waals surface area contributed by atoms with Gasteiger partial charge >= 0.3 is 0 Å². The zero-order valence-electron chi connectivity index (χ0n) is 9.52. The molecule has 0 bridgehead atoms. The molecule has 0 aliphatic heterocycles. The SMILES string of the molecule is Nc1c(C2CC2)[nH]n(Cc2ccccc2)c1=O. The molecule has 0 spiro atoms. The Morgan fingerprint density at radius 3 is 2.65 bits per heavy atom. The number of hydrogen-bond acceptors (Lipinski definition) is 2. The minimum absolute atomic E-state index is 0.101. The molecule has 1 aliphatic rings. The van der Waals surface area contributed by atoms with E-state index in [9.17, 15) is 4.79 Å². The molecule has 1 aromatic carbocycles. The molecule has 1 aromatic heterocycles. The van der Waals surface area contributed by atoms with Gasteiger partial charge in [0.25, 0.3) is 5.56 Å². The molecule has 4 heteroatoms. The van der Waals surface area contributed by atoms with Crippen LogP contribution in [0, 0.1) is 0 Å². The van der Waals surface area contributed by atoms with Crippen LogP contribution in [0.5, 0.6) is 0 Å². The molecule has 0 unspecified atom stereocenters. The third kappa shape index (κ3) is 1.86. The van der Waals surface area contributed by atoms with Crippen LogP contribution in [0.2, 0.25) is 0 Å². The molecule has 1 aliphatic carbocycles. The second-order valence-electron chi connectivity index (χ2n) is 4.59. The van der Waals surface area contributed by atoms with Crippen LogP contribution >= 0.6 is 0 Å². The standard InChI is InChI=1S/C13H15N3O/c14-11-12(10-6-7-10)15-16(13(11)17)8-9-4-2-1-3-5-9/h1-5,10,15H,6-8,14H2. The summed E-state index contributed by atoms with van der Waals surface area (Å²) in [5.41, 5.74) is 8.14. The second kappa shape index (κ2) is 3.80. The summed E-state index contributed by atoms with van der Waals surface area (Å²) in [7, 11) is 0. The number of aromatic nitrogens is 2. The first-order valence-corrected chi connectivity index (χ1v) is 5.88. The van der Waals surface area contributed by atoms with E-state index in [0.29, 0.717) is 18.2 Å². The van der Waals surface area contributed by atoms with Gasteiger partial charge in [-0.15, -0.1) is 0 Å². The zero-order chi connectivity index (χ0) is 11.8. The van der Waals surface area contributed by atoms with Crippen molar-refractivity contribution in [2.24, 2.45) is 0 Å². The molecule has 1 fully saturated rings. The first-order valence-electron chi connectivity index (χ1n) is 5.88. The van der Waals surface area contributed by atoms with Crippen molar-refractivity contribution in [1.82, 2.24) is 9.78 Å². The normalized spacial score (nSPS) is 15.1. The van der Waals surface area contributed by atoms with Crippen molar-refractivity contribution in [3.8, 4) is 0 Å². The van der Waals surface area contributed by atoms with Crippen LogP contribution in [0.15, 0.2) is 35.1 Å². The van der Waals surface area contributed by atoms with Crippen LogP contribution in [0.3, 0.4) is 0 Å². The van der Waals surface area contributed by atoms with E-state index in [-0.39, 0.29) is 5.56 Å². The van der Waals surface area contributed by atoms with Gasteiger partial charge in [-0.3, -0.25) is 9.89 Å². The van der Waals surface area contributed by atoms with E-state index in [0.717, 1.165) is 24.1 Å². The molecular formula is C13H15N3O. The Kier molecular flexibility index (Phi) is 2.28. The highest BCUT2D eigenvalue weighted by Crippen LogP contribution is 2.40. The summed E-state index contributed by atoms with van der Waals surface area (Å²) in [6, 6.07) is 9.90. The molecule has 1 heterocycles. The fraction of sp³-hybridized carbons (Fsp3) is 0.308. The molecule has 3 N–H and O–H groups in total. The number of hydrogen-bond donors (Lipinski definition) is 2. The van der Waals surface area contributed by atoms with Crippen molar-refractivity contribution in [1.29, 1.82) is 0 Å². The van der Waals surface area contributed by atoms with Crippen LogP contribution in [-0.2, 0) is 6.54 Å². The summed E-state index contributed by atoms with van der Waals surface area (Å²) in [5.74, 6) is 0.472. The Balaban J connectivity index is 1.93. The van der Waals surface area contributed by atoms with E-state index in [4.69, 9.17) is 5.73 Å². The van der Waals surface area contributed by atoms with Gasteiger partial charge in [0.15, 0.2) is 0 Å². The monoisotopic (exact) mass is 229 g/mol. The average molecular weight is 229 g/mol. The highest BCUT2D eigenvalue weighted by Gasteiger charge is 2.29. The predicted molar refractivity (Wildman–Crippen MR) is 67.0 cm³/mol. The largest absolute Gasteiger partial charge is 0.393 e. The Morgan fingerprint density at radius 1 is 1.29 bits per heavy atom. The van der Waals surface area contributed by atoms with Crippen molar-refractivity contribution < 1.29 is 0 Å². The highest BCUT2D eigenvalue weighted by molar-refractivity contribution is 5.44. The van der Waals surface area contributed by atoms with Gasteiger partial charge in [0.05, 0.1) is 12.2 Å². The Morgan fingerprint density at radius 2 is 2.00 bits per heavy atom. The molecule has 0 radical (unpaired) electrons. The molecule has 3 rings (SSSR count). The number of nitrogens with one attached hydrogen (secondary N) is 1. The number of nitrogen functional groups attached to an aromatic ring is 1. The Hall–Kier alpha value is -1.97. The maximum Gasteiger partial charge on any atom is 0.290 e. The Bertz CT molecular complexity index is 578. The highest BCUT2D eigenvalue weighted by atomic mass is 16.1. The second-order valence-corrected chi connectivity index (χ2v) is 4.59. The fourth-order valence-corrected chi connectivity index (χ4v) is 2.08. The summed E-state index contributed by atoms with van der Waals surface area (Å²) in [6.45, 7) is 0.552. The van der Waals surface area contributed by atoms with E-state index < -0.39 is 0 Å². The Labute approximate surface area is 99.1 Å². The van der Waals surface area contributed by atoms with Gasteiger partial charge in [-0.2, -0.15) is 0 Å². The minimum Gasteiger partial charge on any atom is -0.393 e. The van der Waals surface area contributed by atoms with Crippen LogP contribution < -0.4 is 11.3 Å². The number of benzene rings is 1. The van der Waals surface area contributed by atoms with Gasteiger partial charge in [0.1, 0.15) is 5.69 Å². The lowest BCUT2D eigenvalue weighted by Gasteiger charge is -2.01. The van der Waals surface area contributed by atoms with Crippen molar-refractivity contribution in [3.63, 3.8) is 0 Å². The fourth-order valence-electron chi connectivity index (χ4n) is 2.08. The van der Waals surface area contributed by atoms with Crippen LogP contribution in [0.4, 0.5) is 5.69 Å². The minimum atomic E-state index is -0.101. The van der Waals surface area contributed by atoms with E-state index in [1.807, 2.05) is 30.3 Å². The molecule has 0 saturated heterocycles. The van der Waals surface area contributed by atoms with Gasteiger partial charge in [-0.1, -0.05) is 30.3 Å². The van der Waals surface area contributed by atoms with Gasteiger partial charge in [-0.25, -0.2) is 4.68 Å². The first kappa shape index (κ1) is 10.2. The van der Waals surface area contributed by atoms with Gasteiger partial charge < -0.3 is 5.73 Å². The zero-order valence-corrected chi connectivity index (χ0v) is 9.52. The number of nitrogens with zero attached hydrogens (tertiary/aromatic N) is 1. The number of aromatic amines is 1. The van der Waals surface area contributed by atoms with Gasteiger partial charge in [-0.05, 0) is 18.4 Å². The molecule has 4 nitrogen and oxygen atoms in total. The van der Waals surface area contributed by atoms with Crippen molar-refractivity contribution in [3.05, 3.63) is 51.9 Å². The number of rotatable bonds is 3. The average Bonchev–Trinajstić information content (AvgIpc) is 3.14. The lowest BCUT2D eigenvalue weighted by Crippen LogP contribution is -2.19. The van der Waals surface area contributed by atoms with Crippen LogP contribution in [-0.4, -0.2) is 9.78 Å². The molecule has 0 amide bonds. The summed E-state index contributed by atoms with van der Waals surface area (Å²) in [6.07, 6.45) is 2.27. The van der Waals surface area contributed by atoms with Crippen molar-refractivity contribution in [2.45, 2.75) is 25.3 Å². The van der Waals surface area contributed by atoms with Crippen LogP contribution in [0.25, 0.3) is 0 Å². The lowest BCUT2D eigenvalue weighted by atomic mass is 10.2. The summed E-state index contributed by atoms with van der Waals surface area (Å²) in [4.78, 5) is 11.9. The number of H-pyrrole nitrogens is 1. The van der Waals surface area contributed by atoms with E-state index in [2.05, 4.69) is 5.10 Å². The maximum atomic E-state index is 11.9. The van der Waals surface area contributed by atoms with E-state index >= 15 is 0 Å². The van der Waals surface area contributed by atoms with Crippen molar-refractivity contribution >= 4 is 5.69 Å². The predicted octanol–water partition coefficient (Wildman–Crippen LogP) is 1.68. The quantitative estimate of drug-likeness (QED) is 0.841. The lowest BCUT2D eigenvalue weighted by molar-refractivity contribution is 0.652. The first-order chi connectivity index (χ1) is 8.25. The smallest absolute Gasteiger partial charge is 0.290 e. The molecule has 1 saturated carbocycles. The molecule has 17 heavy (non-hydrogen) atoms. The summed E-state index contributed by atoms with van der Waals surface area (Å²) in [5, 5.41) is 3.14. The molecule has 88 valence electrons. The molecule has 0 atom stereocenters. The van der Waals surface area contributed by atoms with Gasteiger partial charge in [0, 0.05) is 5.92 Å². The van der Waals surface area contributed by atoms with E-state index in [1.165, 1.54) is 0 Å². The molecular weight excluding hydrogens is 214 g/mol. The van der Waals surface area contributed by atoms with Gasteiger partial charge in [0.2, 0.25) is 0 Å². The third-order valence-electron chi connectivity index (χ3n) is 3.19. The maximum absolute atomic E-state index is 11.9.